The van der Waals surface area contributed by atoms with Crippen molar-refractivity contribution in [2.24, 2.45) is 0 Å². The first kappa shape index (κ1) is 12.5. The molecule has 0 radical (unpaired) electrons. The molecule has 1 rings (SSSR count). The first-order valence-electron chi connectivity index (χ1n) is 5.94. The van der Waals surface area contributed by atoms with E-state index in [2.05, 4.69) is 51.1 Å². The number of rotatable bonds is 6. The summed E-state index contributed by atoms with van der Waals surface area (Å²) in [6, 6.07) is 10.5. The zero-order chi connectivity index (χ0) is 11.1. The van der Waals surface area contributed by atoms with E-state index in [-0.39, 0.29) is 15.9 Å². The summed E-state index contributed by atoms with van der Waals surface area (Å²) in [5.41, 5.74) is 2.15. The Hall–Kier alpha value is -0.603. The molecule has 15 heavy (non-hydrogen) atoms. The minimum atomic E-state index is -0.366. The average molecular weight is 222 g/mol. The van der Waals surface area contributed by atoms with Crippen molar-refractivity contribution in [3.63, 3.8) is 0 Å². The monoisotopic (exact) mass is 222 g/mol. The molecule has 1 aromatic carbocycles. The molecule has 0 saturated carbocycles. The third-order valence-electron chi connectivity index (χ3n) is 3.01. The Labute approximate surface area is 95.8 Å². The van der Waals surface area contributed by atoms with Crippen molar-refractivity contribution in [1.29, 1.82) is 0 Å². The van der Waals surface area contributed by atoms with E-state index in [0.717, 1.165) is 5.54 Å². The van der Waals surface area contributed by atoms with Gasteiger partial charge in [0.1, 0.15) is 0 Å². The van der Waals surface area contributed by atoms with Crippen LogP contribution >= 0.6 is 0 Å². The van der Waals surface area contributed by atoms with Crippen LogP contribution in [-0.4, -0.2) is 9.76 Å². The van der Waals surface area contributed by atoms with Gasteiger partial charge in [-0.25, -0.2) is 0 Å². The lowest BCUT2D eigenvalue weighted by Gasteiger charge is -2.17. The Balaban J connectivity index is 2.39. The van der Waals surface area contributed by atoms with Crippen LogP contribution in [-0.2, 0) is 4.43 Å². The first-order chi connectivity index (χ1) is 7.27. The van der Waals surface area contributed by atoms with E-state index in [1.54, 1.807) is 0 Å². The average Bonchev–Trinajstić information content (AvgIpc) is 2.31. The van der Waals surface area contributed by atoms with Crippen molar-refractivity contribution in [2.45, 2.75) is 45.3 Å². The molecular weight excluding hydrogens is 200 g/mol. The van der Waals surface area contributed by atoms with Gasteiger partial charge in [0, 0.05) is 0 Å². The van der Waals surface area contributed by atoms with Gasteiger partial charge in [-0.15, -0.1) is 0 Å². The lowest BCUT2D eigenvalue weighted by Crippen LogP contribution is -2.10. The van der Waals surface area contributed by atoms with Gasteiger partial charge in [-0.05, 0) is 18.0 Å². The van der Waals surface area contributed by atoms with Crippen LogP contribution in [0.3, 0.4) is 0 Å². The van der Waals surface area contributed by atoms with Gasteiger partial charge in [-0.1, -0.05) is 57.0 Å². The molecule has 0 bridgehead atoms. The van der Waals surface area contributed by atoms with Gasteiger partial charge < -0.3 is 4.43 Å². The van der Waals surface area contributed by atoms with Crippen LogP contribution in [0.1, 0.15) is 45.3 Å². The van der Waals surface area contributed by atoms with Crippen molar-refractivity contribution in [3.8, 4) is 0 Å². The van der Waals surface area contributed by atoms with E-state index in [1.165, 1.54) is 18.4 Å². The van der Waals surface area contributed by atoms with E-state index in [9.17, 15) is 0 Å². The van der Waals surface area contributed by atoms with Gasteiger partial charge in [0.05, 0.1) is 6.10 Å². The van der Waals surface area contributed by atoms with E-state index in [0.29, 0.717) is 0 Å². The Bertz CT molecular complexity index is 256. The highest BCUT2D eigenvalue weighted by molar-refractivity contribution is 6.29. The molecule has 0 fully saturated rings. The largest absolute Gasteiger partial charge is 0.417 e. The van der Waals surface area contributed by atoms with E-state index in [4.69, 9.17) is 4.43 Å². The Morgan fingerprint density at radius 2 is 1.73 bits per heavy atom. The van der Waals surface area contributed by atoms with Crippen molar-refractivity contribution in [1.82, 2.24) is 0 Å². The molecule has 2 heteroatoms. The lowest BCUT2D eigenvalue weighted by molar-refractivity contribution is 0.233. The van der Waals surface area contributed by atoms with Crippen LogP contribution in [0.4, 0.5) is 0 Å². The molecule has 0 aliphatic carbocycles. The number of hydrogen-bond donors (Lipinski definition) is 0. The molecule has 0 aliphatic rings. The minimum Gasteiger partial charge on any atom is -0.417 e. The third-order valence-corrected chi connectivity index (χ3v) is 5.32. The summed E-state index contributed by atoms with van der Waals surface area (Å²) in [5.74, 6) is 0. The molecule has 0 N–H and O–H groups in total. The molecule has 1 atom stereocenters. The summed E-state index contributed by atoms with van der Waals surface area (Å²) in [4.78, 5) is 0. The van der Waals surface area contributed by atoms with Crippen molar-refractivity contribution >= 4 is 9.76 Å². The molecule has 0 aliphatic heterocycles. The van der Waals surface area contributed by atoms with Crippen LogP contribution < -0.4 is 0 Å². The molecule has 1 aromatic rings. The van der Waals surface area contributed by atoms with Gasteiger partial charge in [0.2, 0.25) is 0 Å². The van der Waals surface area contributed by atoms with Crippen molar-refractivity contribution in [2.75, 3.05) is 0 Å². The summed E-state index contributed by atoms with van der Waals surface area (Å²) < 4.78 is 6.01. The van der Waals surface area contributed by atoms with Crippen molar-refractivity contribution < 1.29 is 4.43 Å². The summed E-state index contributed by atoms with van der Waals surface area (Å²) in [6.07, 6.45) is 2.81. The number of hydrogen-bond acceptors (Lipinski definition) is 1. The van der Waals surface area contributed by atoms with Crippen LogP contribution in [0.2, 0.25) is 5.54 Å². The zero-order valence-electron chi connectivity index (χ0n) is 10.1. The van der Waals surface area contributed by atoms with Crippen LogP contribution in [0.25, 0.3) is 0 Å². The zero-order valence-corrected chi connectivity index (χ0v) is 11.5. The summed E-state index contributed by atoms with van der Waals surface area (Å²) in [6.45, 7) is 6.68. The summed E-state index contributed by atoms with van der Waals surface area (Å²) in [7, 11) is -0.366. The van der Waals surface area contributed by atoms with Gasteiger partial charge in [0.15, 0.2) is 9.76 Å². The highest BCUT2D eigenvalue weighted by Crippen LogP contribution is 2.20. The van der Waals surface area contributed by atoms with E-state index < -0.39 is 0 Å². The van der Waals surface area contributed by atoms with Gasteiger partial charge in [-0.2, -0.15) is 0 Å². The maximum absolute atomic E-state index is 6.01. The fourth-order valence-electron chi connectivity index (χ4n) is 1.63. The van der Waals surface area contributed by atoms with Crippen LogP contribution in [0.5, 0.6) is 0 Å². The van der Waals surface area contributed by atoms with E-state index >= 15 is 0 Å². The molecular formula is C13H22OSi. The lowest BCUT2D eigenvalue weighted by atomic mass is 10.1. The van der Waals surface area contributed by atoms with Gasteiger partial charge in [0.25, 0.3) is 0 Å². The molecule has 0 amide bonds. The third kappa shape index (κ3) is 4.18. The second-order valence-electron chi connectivity index (χ2n) is 4.07. The molecule has 1 nitrogen and oxygen atoms in total. The molecule has 0 aromatic heterocycles. The van der Waals surface area contributed by atoms with Gasteiger partial charge >= 0.3 is 0 Å². The fourth-order valence-corrected chi connectivity index (χ4v) is 2.85. The predicted octanol–water partition coefficient (Wildman–Crippen LogP) is 3.46. The molecule has 84 valence electrons. The quantitative estimate of drug-likeness (QED) is 0.670. The smallest absolute Gasteiger partial charge is 0.165 e. The molecule has 0 heterocycles. The SMILES string of the molecule is CCC(CC)[SiH2]OC(C)c1ccccc1. The topological polar surface area (TPSA) is 9.23 Å². The highest BCUT2D eigenvalue weighted by Gasteiger charge is 2.09. The van der Waals surface area contributed by atoms with Crippen LogP contribution in [0.15, 0.2) is 30.3 Å². The fraction of sp³-hybridized carbons (Fsp3) is 0.538. The highest BCUT2D eigenvalue weighted by atomic mass is 28.2. The molecule has 1 unspecified atom stereocenters. The number of benzene rings is 1. The van der Waals surface area contributed by atoms with Gasteiger partial charge in [-0.3, -0.25) is 0 Å². The Morgan fingerprint density at radius 1 is 1.13 bits per heavy atom. The first-order valence-corrected chi connectivity index (χ1v) is 7.33. The maximum Gasteiger partial charge on any atom is 0.165 e. The summed E-state index contributed by atoms with van der Waals surface area (Å²) >= 11 is 0. The maximum atomic E-state index is 6.01. The van der Waals surface area contributed by atoms with E-state index in [1.807, 2.05) is 0 Å². The predicted molar refractivity (Wildman–Crippen MR) is 68.8 cm³/mol. The molecule has 0 spiro atoms. The standard InChI is InChI=1S/C13H22OSi/c1-4-13(5-2)15-14-11(3)12-9-7-6-8-10-12/h6-11,13H,4-5,15H2,1-3H3. The Kier molecular flexibility index (Phi) is 5.65. The minimum absolute atomic E-state index is 0.276. The second kappa shape index (κ2) is 6.80. The summed E-state index contributed by atoms with van der Waals surface area (Å²) in [5, 5.41) is 0. The van der Waals surface area contributed by atoms with Crippen LogP contribution in [0, 0.1) is 0 Å². The Morgan fingerprint density at radius 3 is 2.27 bits per heavy atom. The molecule has 0 saturated heterocycles. The van der Waals surface area contributed by atoms with Crippen molar-refractivity contribution in [3.05, 3.63) is 35.9 Å². The normalized spacial score (nSPS) is 13.9. The second-order valence-corrected chi connectivity index (χ2v) is 5.89.